The van der Waals surface area contributed by atoms with Crippen LogP contribution in [0.3, 0.4) is 0 Å². The third-order valence-corrected chi connectivity index (χ3v) is 6.50. The van der Waals surface area contributed by atoms with Crippen LogP contribution in [0.2, 0.25) is 0 Å². The molecule has 0 saturated carbocycles. The highest BCUT2D eigenvalue weighted by Gasteiger charge is 2.22. The first-order chi connectivity index (χ1) is 13.7. The molecule has 8 nitrogen and oxygen atoms in total. The molecule has 0 saturated heterocycles. The summed E-state index contributed by atoms with van der Waals surface area (Å²) in [6.07, 6.45) is 1.70. The molecule has 1 heterocycles. The lowest BCUT2D eigenvalue weighted by Crippen LogP contribution is -2.14. The molecule has 3 rings (SSSR count). The molecule has 152 valence electrons. The number of hydrogen-bond donors (Lipinski definition) is 2. The number of aryl methyl sites for hydroxylation is 3. The molecular formula is C19H20N4O4S2. The highest BCUT2D eigenvalue weighted by molar-refractivity contribution is 7.92. The van der Waals surface area contributed by atoms with E-state index in [9.17, 15) is 18.5 Å². The van der Waals surface area contributed by atoms with Crippen LogP contribution in [-0.2, 0) is 16.6 Å². The van der Waals surface area contributed by atoms with Gasteiger partial charge in [-0.3, -0.25) is 14.8 Å². The normalized spacial score (nSPS) is 11.3. The summed E-state index contributed by atoms with van der Waals surface area (Å²) in [6, 6.07) is 9.13. The van der Waals surface area contributed by atoms with Crippen molar-refractivity contribution in [3.8, 4) is 0 Å². The van der Waals surface area contributed by atoms with Crippen LogP contribution >= 0.6 is 11.3 Å². The topological polar surface area (TPSA) is 114 Å². The number of benzene rings is 2. The molecule has 0 fully saturated rings. The molecular weight excluding hydrogens is 412 g/mol. The molecule has 0 radical (unpaired) electrons. The predicted octanol–water partition coefficient (Wildman–Crippen LogP) is 4.39. The van der Waals surface area contributed by atoms with E-state index in [-0.39, 0.29) is 16.3 Å². The second-order valence-electron chi connectivity index (χ2n) is 6.56. The average molecular weight is 433 g/mol. The van der Waals surface area contributed by atoms with E-state index in [0.29, 0.717) is 12.2 Å². The van der Waals surface area contributed by atoms with E-state index >= 15 is 0 Å². The van der Waals surface area contributed by atoms with Gasteiger partial charge in [0.05, 0.1) is 27.1 Å². The maximum Gasteiger partial charge on any atom is 0.293 e. The Morgan fingerprint density at radius 1 is 1.10 bits per heavy atom. The van der Waals surface area contributed by atoms with Crippen LogP contribution in [0.15, 0.2) is 47.5 Å². The van der Waals surface area contributed by atoms with Crippen LogP contribution < -0.4 is 10.0 Å². The maximum absolute atomic E-state index is 12.7. The van der Waals surface area contributed by atoms with Crippen molar-refractivity contribution >= 4 is 38.4 Å². The highest BCUT2D eigenvalue weighted by atomic mass is 32.2. The molecule has 0 unspecified atom stereocenters. The summed E-state index contributed by atoms with van der Waals surface area (Å²) in [5.74, 6) is 0. The van der Waals surface area contributed by atoms with Crippen molar-refractivity contribution in [2.24, 2.45) is 0 Å². The molecule has 0 amide bonds. The van der Waals surface area contributed by atoms with Gasteiger partial charge in [-0.05, 0) is 44.5 Å². The number of anilines is 2. The van der Waals surface area contributed by atoms with Gasteiger partial charge in [0.2, 0.25) is 0 Å². The lowest BCUT2D eigenvalue weighted by atomic mass is 10.1. The number of sulfonamides is 1. The van der Waals surface area contributed by atoms with Gasteiger partial charge in [0.25, 0.3) is 15.7 Å². The SMILES string of the molecule is Cc1ccc(NS(=O)(=O)c2ccc(NCc3cnc(C)s3)c([N+](=O)[O-])c2)c(C)c1. The smallest absolute Gasteiger partial charge is 0.293 e. The molecule has 10 heteroatoms. The number of nitro benzene ring substituents is 1. The molecule has 0 bridgehead atoms. The summed E-state index contributed by atoms with van der Waals surface area (Å²) in [5, 5.41) is 15.4. The Labute approximate surface area is 172 Å². The summed E-state index contributed by atoms with van der Waals surface area (Å²) in [6.45, 7) is 5.94. The largest absolute Gasteiger partial charge is 0.375 e. The molecule has 29 heavy (non-hydrogen) atoms. The standard InChI is InChI=1S/C19H20N4O4S2/c1-12-4-6-17(13(2)8-12)22-29(26,27)16-5-7-18(19(9-16)23(24)25)21-11-15-10-20-14(3)28-15/h4-10,21-22H,11H2,1-3H3. The minimum Gasteiger partial charge on any atom is -0.375 e. The van der Waals surface area contributed by atoms with Gasteiger partial charge >= 0.3 is 0 Å². The van der Waals surface area contributed by atoms with Gasteiger partial charge in [-0.1, -0.05) is 17.7 Å². The van der Waals surface area contributed by atoms with E-state index in [1.165, 1.54) is 23.5 Å². The Balaban J connectivity index is 1.87. The first-order valence-corrected chi connectivity index (χ1v) is 11.0. The predicted molar refractivity (Wildman–Crippen MR) is 114 cm³/mol. The third kappa shape index (κ3) is 4.90. The average Bonchev–Trinajstić information content (AvgIpc) is 3.07. The second kappa shape index (κ2) is 8.18. The number of nitro groups is 1. The van der Waals surface area contributed by atoms with Gasteiger partial charge in [-0.2, -0.15) is 0 Å². The van der Waals surface area contributed by atoms with Crippen LogP contribution in [0.4, 0.5) is 17.1 Å². The second-order valence-corrected chi connectivity index (χ2v) is 9.56. The number of aromatic nitrogens is 1. The fourth-order valence-corrected chi connectivity index (χ4v) is 4.67. The van der Waals surface area contributed by atoms with Gasteiger partial charge in [-0.25, -0.2) is 13.4 Å². The van der Waals surface area contributed by atoms with Gasteiger partial charge < -0.3 is 5.32 Å². The zero-order valence-corrected chi connectivity index (χ0v) is 17.7. The van der Waals surface area contributed by atoms with Crippen molar-refractivity contribution in [3.63, 3.8) is 0 Å². The molecule has 3 aromatic rings. The lowest BCUT2D eigenvalue weighted by Gasteiger charge is -2.12. The van der Waals surface area contributed by atoms with Crippen molar-refractivity contribution in [1.82, 2.24) is 4.98 Å². The molecule has 2 aromatic carbocycles. The number of thiazole rings is 1. The Kier molecular flexibility index (Phi) is 5.85. The van der Waals surface area contributed by atoms with Gasteiger partial charge in [-0.15, -0.1) is 11.3 Å². The van der Waals surface area contributed by atoms with E-state index in [2.05, 4.69) is 15.0 Å². The fraction of sp³-hybridized carbons (Fsp3) is 0.211. The molecule has 0 aliphatic rings. The van der Waals surface area contributed by atoms with Gasteiger partial charge in [0.1, 0.15) is 5.69 Å². The van der Waals surface area contributed by atoms with Crippen molar-refractivity contribution in [3.05, 3.63) is 73.7 Å². The number of hydrogen-bond acceptors (Lipinski definition) is 7. The molecule has 1 aromatic heterocycles. The first kappa shape index (κ1) is 20.7. The van der Waals surface area contributed by atoms with Crippen LogP contribution in [0.1, 0.15) is 21.0 Å². The fourth-order valence-electron chi connectivity index (χ4n) is 2.78. The zero-order chi connectivity index (χ0) is 21.2. The number of nitrogens with one attached hydrogen (secondary N) is 2. The Morgan fingerprint density at radius 3 is 2.45 bits per heavy atom. The lowest BCUT2D eigenvalue weighted by molar-refractivity contribution is -0.384. The van der Waals surface area contributed by atoms with Crippen molar-refractivity contribution in [1.29, 1.82) is 0 Å². The molecule has 2 N–H and O–H groups in total. The Hall–Kier alpha value is -2.98. The van der Waals surface area contributed by atoms with Crippen molar-refractivity contribution in [2.45, 2.75) is 32.2 Å². The summed E-state index contributed by atoms with van der Waals surface area (Å²) in [7, 11) is -3.98. The Bertz CT molecular complexity index is 1170. The van der Waals surface area contributed by atoms with E-state index in [4.69, 9.17) is 0 Å². The first-order valence-electron chi connectivity index (χ1n) is 8.69. The quantitative estimate of drug-likeness (QED) is 0.423. The van der Waals surface area contributed by atoms with Crippen LogP contribution in [0.5, 0.6) is 0 Å². The summed E-state index contributed by atoms with van der Waals surface area (Å²) in [5.41, 5.74) is 2.14. The van der Waals surface area contributed by atoms with Crippen molar-refractivity contribution < 1.29 is 13.3 Å². The van der Waals surface area contributed by atoms with E-state index < -0.39 is 14.9 Å². The van der Waals surface area contributed by atoms with Gasteiger partial charge in [0, 0.05) is 17.1 Å². The molecule has 0 aliphatic heterocycles. The number of nitrogens with zero attached hydrogens (tertiary/aromatic N) is 2. The summed E-state index contributed by atoms with van der Waals surface area (Å²) < 4.78 is 28.0. The van der Waals surface area contributed by atoms with Crippen LogP contribution in [0.25, 0.3) is 0 Å². The minimum absolute atomic E-state index is 0.177. The molecule has 0 aliphatic carbocycles. The van der Waals surface area contributed by atoms with Crippen LogP contribution in [0, 0.1) is 30.9 Å². The maximum atomic E-state index is 12.7. The summed E-state index contributed by atoms with van der Waals surface area (Å²) in [4.78, 5) is 15.8. The third-order valence-electron chi connectivity index (χ3n) is 4.22. The van der Waals surface area contributed by atoms with E-state index in [0.717, 1.165) is 27.1 Å². The van der Waals surface area contributed by atoms with Crippen molar-refractivity contribution in [2.75, 3.05) is 10.0 Å². The monoisotopic (exact) mass is 432 g/mol. The summed E-state index contributed by atoms with van der Waals surface area (Å²) >= 11 is 1.48. The highest BCUT2D eigenvalue weighted by Crippen LogP contribution is 2.30. The van der Waals surface area contributed by atoms with E-state index in [1.54, 1.807) is 25.3 Å². The van der Waals surface area contributed by atoms with Gasteiger partial charge in [0.15, 0.2) is 0 Å². The Morgan fingerprint density at radius 2 is 1.83 bits per heavy atom. The van der Waals surface area contributed by atoms with Crippen LogP contribution in [-0.4, -0.2) is 18.3 Å². The molecule has 0 spiro atoms. The molecule has 0 atom stereocenters. The van der Waals surface area contributed by atoms with E-state index in [1.807, 2.05) is 19.9 Å². The number of rotatable bonds is 7. The zero-order valence-electron chi connectivity index (χ0n) is 16.1. The minimum atomic E-state index is -3.98.